The molecule has 0 fully saturated rings. The molecule has 0 saturated carbocycles. The first kappa shape index (κ1) is 15.5. The molecule has 2 aromatic carbocycles. The van der Waals surface area contributed by atoms with Gasteiger partial charge in [-0.2, -0.15) is 0 Å². The largest absolute Gasteiger partial charge is 0.366 e. The monoisotopic (exact) mass is 366 g/mol. The highest BCUT2D eigenvalue weighted by Crippen LogP contribution is 2.24. The number of nitrogens with two attached hydrogens (primary N) is 1. The fourth-order valence-electron chi connectivity index (χ4n) is 1.81. The molecule has 0 aliphatic carbocycles. The van der Waals surface area contributed by atoms with E-state index in [4.69, 9.17) is 17.3 Å². The van der Waals surface area contributed by atoms with Crippen LogP contribution in [0.1, 0.15) is 26.3 Å². The number of hydrogen-bond donors (Lipinski definition) is 2. The third kappa shape index (κ3) is 3.43. The van der Waals surface area contributed by atoms with Crippen molar-refractivity contribution in [2.24, 2.45) is 5.73 Å². The minimum atomic E-state index is -0.612. The highest BCUT2D eigenvalue weighted by atomic mass is 79.9. The van der Waals surface area contributed by atoms with Crippen LogP contribution in [0.25, 0.3) is 0 Å². The lowest BCUT2D eigenvalue weighted by Gasteiger charge is -2.09. The quantitative estimate of drug-likeness (QED) is 0.867. The molecule has 0 aromatic heterocycles. The van der Waals surface area contributed by atoms with E-state index in [-0.39, 0.29) is 16.5 Å². The van der Waals surface area contributed by atoms with Crippen LogP contribution >= 0.6 is 27.5 Å². The molecule has 0 heterocycles. The van der Waals surface area contributed by atoms with E-state index in [2.05, 4.69) is 21.2 Å². The van der Waals surface area contributed by atoms with Crippen LogP contribution in [-0.4, -0.2) is 11.8 Å². The van der Waals surface area contributed by atoms with Gasteiger partial charge in [0.2, 0.25) is 5.91 Å². The number of benzene rings is 2. The molecule has 21 heavy (non-hydrogen) atoms. The van der Waals surface area contributed by atoms with E-state index in [9.17, 15) is 9.59 Å². The van der Waals surface area contributed by atoms with Crippen molar-refractivity contribution in [1.82, 2.24) is 0 Å². The van der Waals surface area contributed by atoms with Gasteiger partial charge in [0.05, 0.1) is 16.1 Å². The summed E-state index contributed by atoms with van der Waals surface area (Å²) in [5.74, 6) is -0.882. The molecule has 2 amide bonds. The molecule has 0 unspecified atom stereocenters. The number of hydrogen-bond acceptors (Lipinski definition) is 2. The zero-order valence-corrected chi connectivity index (χ0v) is 13.5. The summed E-state index contributed by atoms with van der Waals surface area (Å²) in [5.41, 5.74) is 7.36. The Morgan fingerprint density at radius 1 is 1.19 bits per heavy atom. The van der Waals surface area contributed by atoms with E-state index in [1.54, 1.807) is 18.2 Å². The molecule has 3 N–H and O–H groups in total. The summed E-state index contributed by atoms with van der Waals surface area (Å²) < 4.78 is 0.738. The summed E-state index contributed by atoms with van der Waals surface area (Å²) in [6.45, 7) is 1.90. The van der Waals surface area contributed by atoms with Crippen molar-refractivity contribution < 1.29 is 9.59 Å². The molecule has 108 valence electrons. The first-order valence-corrected chi connectivity index (χ1v) is 7.23. The van der Waals surface area contributed by atoms with Gasteiger partial charge in [0.25, 0.3) is 5.91 Å². The van der Waals surface area contributed by atoms with E-state index in [1.165, 1.54) is 12.1 Å². The van der Waals surface area contributed by atoms with Gasteiger partial charge >= 0.3 is 0 Å². The highest BCUT2D eigenvalue weighted by Gasteiger charge is 2.13. The Hall–Kier alpha value is -1.85. The summed E-state index contributed by atoms with van der Waals surface area (Å²) in [4.78, 5) is 23.3. The van der Waals surface area contributed by atoms with Crippen molar-refractivity contribution >= 4 is 45.0 Å². The van der Waals surface area contributed by atoms with Crippen molar-refractivity contribution in [3.63, 3.8) is 0 Å². The van der Waals surface area contributed by atoms with Gasteiger partial charge in [-0.3, -0.25) is 9.59 Å². The summed E-state index contributed by atoms with van der Waals surface area (Å²) in [6.07, 6.45) is 0. The lowest BCUT2D eigenvalue weighted by atomic mass is 10.1. The Morgan fingerprint density at radius 3 is 2.52 bits per heavy atom. The van der Waals surface area contributed by atoms with Gasteiger partial charge in [0.1, 0.15) is 0 Å². The Balaban J connectivity index is 2.26. The zero-order valence-electron chi connectivity index (χ0n) is 11.1. The van der Waals surface area contributed by atoms with E-state index < -0.39 is 5.91 Å². The van der Waals surface area contributed by atoms with Crippen LogP contribution in [0.2, 0.25) is 5.02 Å². The maximum atomic E-state index is 12.2. The summed E-state index contributed by atoms with van der Waals surface area (Å²) in [7, 11) is 0. The Kier molecular flexibility index (Phi) is 4.65. The minimum Gasteiger partial charge on any atom is -0.366 e. The molecule has 6 heteroatoms. The summed E-state index contributed by atoms with van der Waals surface area (Å²) >= 11 is 9.34. The fraction of sp³-hybridized carbons (Fsp3) is 0.0667. The number of carbonyl (C=O) groups excluding carboxylic acids is 2. The SMILES string of the molecule is Cc1cccc(C(=O)Nc2ccc(C(N)=O)c(Cl)c2)c1Br. The van der Waals surface area contributed by atoms with Gasteiger partial charge in [-0.05, 0) is 52.7 Å². The molecule has 0 aliphatic heterocycles. The van der Waals surface area contributed by atoms with E-state index in [0.29, 0.717) is 11.3 Å². The van der Waals surface area contributed by atoms with E-state index in [1.807, 2.05) is 13.0 Å². The zero-order chi connectivity index (χ0) is 15.6. The van der Waals surface area contributed by atoms with Crippen molar-refractivity contribution in [2.75, 3.05) is 5.32 Å². The maximum Gasteiger partial charge on any atom is 0.256 e. The topological polar surface area (TPSA) is 72.2 Å². The predicted molar refractivity (Wildman–Crippen MR) is 86.8 cm³/mol. The van der Waals surface area contributed by atoms with Crippen LogP contribution in [0.3, 0.4) is 0 Å². The average molecular weight is 368 g/mol. The van der Waals surface area contributed by atoms with Gasteiger partial charge in [0.15, 0.2) is 0 Å². The van der Waals surface area contributed by atoms with Gasteiger partial charge in [-0.15, -0.1) is 0 Å². The van der Waals surface area contributed by atoms with Crippen LogP contribution in [0.15, 0.2) is 40.9 Å². The second-order valence-electron chi connectivity index (χ2n) is 4.45. The normalized spacial score (nSPS) is 10.2. The summed E-state index contributed by atoms with van der Waals surface area (Å²) in [5, 5.41) is 2.93. The van der Waals surface area contributed by atoms with Crippen LogP contribution in [0.5, 0.6) is 0 Å². The standard InChI is InChI=1S/C15H12BrClN2O2/c1-8-3-2-4-11(13(8)16)15(21)19-9-5-6-10(14(18)20)12(17)7-9/h2-7H,1H3,(H2,18,20)(H,19,21). The number of anilines is 1. The van der Waals surface area contributed by atoms with Crippen molar-refractivity contribution in [2.45, 2.75) is 6.92 Å². The number of carbonyl (C=O) groups is 2. The Bertz CT molecular complexity index is 732. The lowest BCUT2D eigenvalue weighted by molar-refractivity contribution is 0.0998. The van der Waals surface area contributed by atoms with Crippen LogP contribution < -0.4 is 11.1 Å². The Labute approximate surface area is 135 Å². The van der Waals surface area contributed by atoms with Gasteiger partial charge < -0.3 is 11.1 Å². The van der Waals surface area contributed by atoms with Crippen LogP contribution in [0, 0.1) is 6.92 Å². The molecule has 2 aromatic rings. The number of nitrogens with one attached hydrogen (secondary N) is 1. The van der Waals surface area contributed by atoms with E-state index in [0.717, 1.165) is 10.0 Å². The first-order chi connectivity index (χ1) is 9.90. The number of aryl methyl sites for hydroxylation is 1. The smallest absolute Gasteiger partial charge is 0.256 e. The predicted octanol–water partition coefficient (Wildman–Crippen LogP) is 3.76. The number of halogens is 2. The van der Waals surface area contributed by atoms with E-state index >= 15 is 0 Å². The first-order valence-electron chi connectivity index (χ1n) is 6.06. The van der Waals surface area contributed by atoms with Crippen LogP contribution in [0.4, 0.5) is 5.69 Å². The lowest BCUT2D eigenvalue weighted by Crippen LogP contribution is -2.14. The molecule has 0 aliphatic rings. The molecular formula is C15H12BrClN2O2. The van der Waals surface area contributed by atoms with Gasteiger partial charge in [-0.25, -0.2) is 0 Å². The second-order valence-corrected chi connectivity index (χ2v) is 5.65. The third-order valence-electron chi connectivity index (χ3n) is 2.93. The number of rotatable bonds is 3. The van der Waals surface area contributed by atoms with Crippen molar-refractivity contribution in [3.05, 3.63) is 62.6 Å². The summed E-state index contributed by atoms with van der Waals surface area (Å²) in [6, 6.07) is 9.96. The number of amides is 2. The molecule has 0 spiro atoms. The molecule has 0 radical (unpaired) electrons. The van der Waals surface area contributed by atoms with Gasteiger partial charge in [0, 0.05) is 10.2 Å². The molecule has 2 rings (SSSR count). The second kappa shape index (κ2) is 6.28. The van der Waals surface area contributed by atoms with Crippen molar-refractivity contribution in [3.8, 4) is 0 Å². The molecule has 0 bridgehead atoms. The van der Waals surface area contributed by atoms with Crippen molar-refractivity contribution in [1.29, 1.82) is 0 Å². The molecule has 4 nitrogen and oxygen atoms in total. The third-order valence-corrected chi connectivity index (χ3v) is 4.29. The fourth-order valence-corrected chi connectivity index (χ4v) is 2.53. The number of primary amides is 1. The maximum absolute atomic E-state index is 12.2. The average Bonchev–Trinajstić information content (AvgIpc) is 2.41. The van der Waals surface area contributed by atoms with Crippen LogP contribution in [-0.2, 0) is 0 Å². The molecule has 0 saturated heterocycles. The molecular weight excluding hydrogens is 356 g/mol. The molecule has 0 atom stereocenters. The highest BCUT2D eigenvalue weighted by molar-refractivity contribution is 9.10. The Morgan fingerprint density at radius 2 is 1.90 bits per heavy atom. The van der Waals surface area contributed by atoms with Gasteiger partial charge in [-0.1, -0.05) is 23.7 Å². The minimum absolute atomic E-state index is 0.198.